The van der Waals surface area contributed by atoms with E-state index in [0.29, 0.717) is 28.9 Å². The van der Waals surface area contributed by atoms with Crippen molar-refractivity contribution in [3.63, 3.8) is 0 Å². The van der Waals surface area contributed by atoms with Gasteiger partial charge in [-0.2, -0.15) is 0 Å². The first-order valence-electron chi connectivity index (χ1n) is 6.31. The van der Waals surface area contributed by atoms with Gasteiger partial charge >= 0.3 is 0 Å². The van der Waals surface area contributed by atoms with Crippen LogP contribution in [0.2, 0.25) is 0 Å². The second-order valence-corrected chi connectivity index (χ2v) is 5.90. The highest BCUT2D eigenvalue weighted by molar-refractivity contribution is 7.21. The Morgan fingerprint density at radius 3 is 2.90 bits per heavy atom. The van der Waals surface area contributed by atoms with Gasteiger partial charge in [0.1, 0.15) is 10.7 Å². The van der Waals surface area contributed by atoms with Gasteiger partial charge in [-0.25, -0.2) is 4.39 Å². The minimum atomic E-state index is -0.459. The number of nitrogens with two attached hydrogens (primary N) is 1. The van der Waals surface area contributed by atoms with Crippen LogP contribution < -0.4 is 5.73 Å². The normalized spacial score (nSPS) is 12.6. The Balaban J connectivity index is 2.28. The average molecular weight is 296 g/mol. The lowest BCUT2D eigenvalue weighted by Crippen LogP contribution is -2.29. The van der Waals surface area contributed by atoms with Gasteiger partial charge in [0.25, 0.3) is 5.91 Å². The number of carbonyl (C=O) groups is 1. The molecule has 1 aromatic heterocycles. The van der Waals surface area contributed by atoms with E-state index in [9.17, 15) is 14.3 Å². The van der Waals surface area contributed by atoms with Crippen LogP contribution in [0.3, 0.4) is 0 Å². The maximum absolute atomic E-state index is 13.2. The molecule has 0 spiro atoms. The van der Waals surface area contributed by atoms with Crippen molar-refractivity contribution in [2.75, 3.05) is 19.3 Å². The van der Waals surface area contributed by atoms with E-state index in [1.807, 2.05) is 0 Å². The summed E-state index contributed by atoms with van der Waals surface area (Å²) >= 11 is 1.26. The summed E-state index contributed by atoms with van der Waals surface area (Å²) in [6.45, 7) is 2.12. The number of thiophene rings is 1. The summed E-state index contributed by atoms with van der Waals surface area (Å²) in [6.07, 6.45) is 0.0425. The lowest BCUT2D eigenvalue weighted by atomic mass is 10.2. The second kappa shape index (κ2) is 5.76. The summed E-state index contributed by atoms with van der Waals surface area (Å²) in [5, 5.41) is 9.82. The first-order chi connectivity index (χ1) is 9.40. The molecular weight excluding hydrogens is 279 g/mol. The molecule has 1 aromatic carbocycles. The van der Waals surface area contributed by atoms with E-state index in [1.54, 1.807) is 20.0 Å². The molecule has 1 heterocycles. The molecule has 20 heavy (non-hydrogen) atoms. The summed E-state index contributed by atoms with van der Waals surface area (Å²) < 4.78 is 14.0. The number of hydrogen-bond donors (Lipinski definition) is 2. The zero-order valence-electron chi connectivity index (χ0n) is 11.4. The summed E-state index contributed by atoms with van der Waals surface area (Å²) in [5.41, 5.74) is 6.27. The fraction of sp³-hybridized carbons (Fsp3) is 0.357. The second-order valence-electron chi connectivity index (χ2n) is 4.85. The third kappa shape index (κ3) is 2.91. The van der Waals surface area contributed by atoms with Gasteiger partial charge in [0, 0.05) is 23.7 Å². The first-order valence-corrected chi connectivity index (χ1v) is 7.13. The van der Waals surface area contributed by atoms with Gasteiger partial charge in [-0.1, -0.05) is 0 Å². The third-order valence-electron chi connectivity index (χ3n) is 3.11. The monoisotopic (exact) mass is 296 g/mol. The highest BCUT2D eigenvalue weighted by atomic mass is 32.1. The Morgan fingerprint density at radius 2 is 2.25 bits per heavy atom. The molecule has 1 unspecified atom stereocenters. The summed E-state index contributed by atoms with van der Waals surface area (Å²) in [4.78, 5) is 14.2. The Labute approximate surface area is 120 Å². The topological polar surface area (TPSA) is 66.6 Å². The maximum atomic E-state index is 13.2. The molecular formula is C14H17FN2O2S. The van der Waals surface area contributed by atoms with Crippen molar-refractivity contribution in [1.82, 2.24) is 4.90 Å². The number of nitrogen functional groups attached to an aromatic ring is 1. The van der Waals surface area contributed by atoms with Gasteiger partial charge in [0.2, 0.25) is 0 Å². The van der Waals surface area contributed by atoms with Crippen LogP contribution in [0.25, 0.3) is 10.1 Å². The minimum Gasteiger partial charge on any atom is -0.397 e. The average Bonchev–Trinajstić information content (AvgIpc) is 2.72. The van der Waals surface area contributed by atoms with Crippen LogP contribution in [0.5, 0.6) is 0 Å². The Kier molecular flexibility index (Phi) is 4.25. The smallest absolute Gasteiger partial charge is 0.265 e. The predicted octanol–water partition coefficient (Wildman–Crippen LogP) is 2.47. The van der Waals surface area contributed by atoms with E-state index in [-0.39, 0.29) is 11.7 Å². The van der Waals surface area contributed by atoms with Gasteiger partial charge in [-0.15, -0.1) is 11.3 Å². The molecule has 0 bridgehead atoms. The summed E-state index contributed by atoms with van der Waals surface area (Å²) in [5.74, 6) is -0.576. The molecule has 0 aliphatic carbocycles. The number of amides is 1. The van der Waals surface area contributed by atoms with E-state index < -0.39 is 6.10 Å². The number of aliphatic hydroxyl groups excluding tert-OH is 1. The molecule has 0 saturated heterocycles. The number of nitrogens with zero attached hydrogens (tertiary/aromatic N) is 1. The highest BCUT2D eigenvalue weighted by Gasteiger charge is 2.20. The minimum absolute atomic E-state index is 0.204. The number of hydrogen-bond acceptors (Lipinski definition) is 4. The van der Waals surface area contributed by atoms with Crippen LogP contribution in [0.4, 0.5) is 10.1 Å². The van der Waals surface area contributed by atoms with E-state index in [0.717, 1.165) is 4.70 Å². The fourth-order valence-electron chi connectivity index (χ4n) is 1.90. The van der Waals surface area contributed by atoms with E-state index in [1.165, 1.54) is 28.4 Å². The number of aliphatic hydroxyl groups is 1. The Morgan fingerprint density at radius 1 is 1.55 bits per heavy atom. The number of fused-ring (bicyclic) bond motifs is 1. The van der Waals surface area contributed by atoms with Gasteiger partial charge in [0.05, 0.1) is 11.8 Å². The molecule has 3 N–H and O–H groups in total. The summed E-state index contributed by atoms with van der Waals surface area (Å²) in [7, 11) is 1.66. The van der Waals surface area contributed by atoms with E-state index in [2.05, 4.69) is 0 Å². The molecule has 1 atom stereocenters. The van der Waals surface area contributed by atoms with Crippen LogP contribution in [0, 0.1) is 5.82 Å². The number of rotatable bonds is 4. The Bertz CT molecular complexity index is 639. The molecule has 0 aliphatic rings. The molecule has 0 saturated carbocycles. The van der Waals surface area contributed by atoms with Crippen molar-refractivity contribution in [2.24, 2.45) is 0 Å². The van der Waals surface area contributed by atoms with E-state index in [4.69, 9.17) is 5.73 Å². The number of halogens is 1. The molecule has 0 aliphatic heterocycles. The molecule has 2 rings (SSSR count). The number of benzene rings is 1. The molecule has 1 amide bonds. The van der Waals surface area contributed by atoms with Crippen molar-refractivity contribution in [3.8, 4) is 0 Å². The maximum Gasteiger partial charge on any atom is 0.265 e. The Hall–Kier alpha value is -1.66. The van der Waals surface area contributed by atoms with Crippen LogP contribution in [-0.4, -0.2) is 35.6 Å². The quantitative estimate of drug-likeness (QED) is 0.911. The molecule has 4 nitrogen and oxygen atoms in total. The third-order valence-corrected chi connectivity index (χ3v) is 4.29. The highest BCUT2D eigenvalue weighted by Crippen LogP contribution is 2.34. The van der Waals surface area contributed by atoms with Crippen LogP contribution >= 0.6 is 11.3 Å². The number of carbonyl (C=O) groups excluding carboxylic acids is 1. The van der Waals surface area contributed by atoms with Crippen LogP contribution in [0.1, 0.15) is 23.0 Å². The SMILES string of the molecule is CC(O)CCN(C)C(=O)c1sc2ccc(F)cc2c1N. The van der Waals surface area contributed by atoms with E-state index >= 15 is 0 Å². The van der Waals surface area contributed by atoms with Crippen LogP contribution in [-0.2, 0) is 0 Å². The van der Waals surface area contributed by atoms with Crippen molar-refractivity contribution in [2.45, 2.75) is 19.4 Å². The van der Waals surface area contributed by atoms with Gasteiger partial charge in [-0.3, -0.25) is 4.79 Å². The van der Waals surface area contributed by atoms with Crippen molar-refractivity contribution >= 4 is 33.0 Å². The molecule has 6 heteroatoms. The number of anilines is 1. The van der Waals surface area contributed by atoms with Crippen LogP contribution in [0.15, 0.2) is 18.2 Å². The largest absolute Gasteiger partial charge is 0.397 e. The van der Waals surface area contributed by atoms with Crippen molar-refractivity contribution in [1.29, 1.82) is 0 Å². The molecule has 108 valence electrons. The van der Waals surface area contributed by atoms with Crippen molar-refractivity contribution < 1.29 is 14.3 Å². The van der Waals surface area contributed by atoms with Crippen molar-refractivity contribution in [3.05, 3.63) is 28.9 Å². The molecule has 0 radical (unpaired) electrons. The molecule has 2 aromatic rings. The molecule has 0 fully saturated rings. The lowest BCUT2D eigenvalue weighted by Gasteiger charge is -2.17. The predicted molar refractivity (Wildman–Crippen MR) is 79.5 cm³/mol. The van der Waals surface area contributed by atoms with Gasteiger partial charge < -0.3 is 15.7 Å². The summed E-state index contributed by atoms with van der Waals surface area (Å²) in [6, 6.07) is 4.32. The van der Waals surface area contributed by atoms with Gasteiger partial charge in [-0.05, 0) is 31.5 Å². The fourth-order valence-corrected chi connectivity index (χ4v) is 3.00. The first kappa shape index (κ1) is 14.7. The standard InChI is InChI=1S/C14H17FN2O2S/c1-8(18)5-6-17(2)14(19)13-12(16)10-7-9(15)3-4-11(10)20-13/h3-4,7-8,18H,5-6,16H2,1-2H3. The zero-order chi connectivity index (χ0) is 14.9. The zero-order valence-corrected chi connectivity index (χ0v) is 12.2. The lowest BCUT2D eigenvalue weighted by molar-refractivity contribution is 0.0774. The van der Waals surface area contributed by atoms with Gasteiger partial charge in [0.15, 0.2) is 0 Å².